The fraction of sp³-hybridized carbons (Fsp3) is 0.435. The molecule has 7 heteroatoms. The number of sulfonamides is 1. The zero-order valence-corrected chi connectivity index (χ0v) is 18.2. The van der Waals surface area contributed by atoms with Crippen LogP contribution >= 0.6 is 0 Å². The SMILES string of the molecule is CS(=O)(=O)Nc1cccc(-c2ccc(C(=O)N3CCCC3CN3CCCC3)cc2)c1. The minimum Gasteiger partial charge on any atom is -0.334 e. The van der Waals surface area contributed by atoms with Crippen molar-refractivity contribution in [2.24, 2.45) is 0 Å². The van der Waals surface area contributed by atoms with Gasteiger partial charge in [-0.05, 0) is 74.2 Å². The van der Waals surface area contributed by atoms with Crippen molar-refractivity contribution in [2.75, 3.05) is 37.2 Å². The Bertz CT molecular complexity index is 999. The van der Waals surface area contributed by atoms with Gasteiger partial charge in [-0.15, -0.1) is 0 Å². The lowest BCUT2D eigenvalue weighted by Gasteiger charge is -2.28. The van der Waals surface area contributed by atoms with Crippen LogP contribution in [0.1, 0.15) is 36.0 Å². The first kappa shape index (κ1) is 20.9. The molecule has 30 heavy (non-hydrogen) atoms. The lowest BCUT2D eigenvalue weighted by molar-refractivity contribution is 0.0709. The molecule has 0 radical (unpaired) electrons. The molecule has 2 aromatic rings. The van der Waals surface area contributed by atoms with Crippen molar-refractivity contribution in [2.45, 2.75) is 31.7 Å². The number of nitrogens with zero attached hydrogens (tertiary/aromatic N) is 2. The van der Waals surface area contributed by atoms with E-state index in [1.807, 2.05) is 41.3 Å². The Hall–Kier alpha value is -2.38. The molecule has 4 rings (SSSR count). The van der Waals surface area contributed by atoms with Crippen molar-refractivity contribution in [1.82, 2.24) is 9.80 Å². The van der Waals surface area contributed by atoms with Crippen LogP contribution in [0.4, 0.5) is 5.69 Å². The monoisotopic (exact) mass is 427 g/mol. The van der Waals surface area contributed by atoms with Crippen LogP contribution in [0.3, 0.4) is 0 Å². The fourth-order valence-electron chi connectivity index (χ4n) is 4.50. The molecule has 2 aliphatic rings. The quantitative estimate of drug-likeness (QED) is 0.767. The maximum absolute atomic E-state index is 13.1. The molecule has 0 spiro atoms. The number of hydrogen-bond acceptors (Lipinski definition) is 4. The van der Waals surface area contributed by atoms with E-state index >= 15 is 0 Å². The maximum atomic E-state index is 13.1. The highest BCUT2D eigenvalue weighted by molar-refractivity contribution is 7.92. The van der Waals surface area contributed by atoms with Gasteiger partial charge in [-0.1, -0.05) is 24.3 Å². The highest BCUT2D eigenvalue weighted by atomic mass is 32.2. The van der Waals surface area contributed by atoms with Gasteiger partial charge >= 0.3 is 0 Å². The summed E-state index contributed by atoms with van der Waals surface area (Å²) in [5, 5.41) is 0. The average molecular weight is 428 g/mol. The van der Waals surface area contributed by atoms with Gasteiger partial charge < -0.3 is 9.80 Å². The largest absolute Gasteiger partial charge is 0.334 e. The van der Waals surface area contributed by atoms with E-state index in [0.717, 1.165) is 56.4 Å². The van der Waals surface area contributed by atoms with Crippen LogP contribution < -0.4 is 4.72 Å². The predicted octanol–water partition coefficient (Wildman–Crippen LogP) is 3.43. The van der Waals surface area contributed by atoms with Crippen LogP contribution in [-0.2, 0) is 10.0 Å². The Balaban J connectivity index is 1.46. The predicted molar refractivity (Wildman–Crippen MR) is 120 cm³/mol. The molecule has 2 aliphatic heterocycles. The molecule has 0 aliphatic carbocycles. The molecule has 0 bridgehead atoms. The van der Waals surface area contributed by atoms with E-state index in [9.17, 15) is 13.2 Å². The van der Waals surface area contributed by atoms with Crippen LogP contribution in [0.5, 0.6) is 0 Å². The number of hydrogen-bond donors (Lipinski definition) is 1. The van der Waals surface area contributed by atoms with Gasteiger partial charge in [0.2, 0.25) is 10.0 Å². The lowest BCUT2D eigenvalue weighted by atomic mass is 10.0. The first-order chi connectivity index (χ1) is 14.4. The second-order valence-corrected chi connectivity index (χ2v) is 10.1. The number of carbonyl (C=O) groups is 1. The molecule has 0 aromatic heterocycles. The summed E-state index contributed by atoms with van der Waals surface area (Å²) in [6, 6.07) is 15.2. The first-order valence-corrected chi connectivity index (χ1v) is 12.5. The normalized spacial score (nSPS) is 19.9. The highest BCUT2D eigenvalue weighted by Crippen LogP contribution is 2.26. The van der Waals surface area contributed by atoms with Gasteiger partial charge in [-0.3, -0.25) is 9.52 Å². The van der Waals surface area contributed by atoms with Gasteiger partial charge in [0.25, 0.3) is 5.91 Å². The molecule has 2 saturated heterocycles. The minimum atomic E-state index is -3.32. The molecule has 2 fully saturated rings. The molecule has 1 atom stereocenters. The van der Waals surface area contributed by atoms with E-state index in [-0.39, 0.29) is 5.91 Å². The van der Waals surface area contributed by atoms with Crippen molar-refractivity contribution >= 4 is 21.6 Å². The number of rotatable bonds is 6. The first-order valence-electron chi connectivity index (χ1n) is 10.6. The number of benzene rings is 2. The van der Waals surface area contributed by atoms with E-state index in [4.69, 9.17) is 0 Å². The van der Waals surface area contributed by atoms with E-state index in [1.54, 1.807) is 12.1 Å². The molecule has 160 valence electrons. The number of amides is 1. The zero-order valence-electron chi connectivity index (χ0n) is 17.4. The van der Waals surface area contributed by atoms with Crippen molar-refractivity contribution < 1.29 is 13.2 Å². The van der Waals surface area contributed by atoms with Gasteiger partial charge in [-0.25, -0.2) is 8.42 Å². The number of nitrogens with one attached hydrogen (secondary N) is 1. The second-order valence-electron chi connectivity index (χ2n) is 8.33. The molecule has 2 heterocycles. The molecular formula is C23H29N3O3S. The molecule has 1 unspecified atom stereocenters. The van der Waals surface area contributed by atoms with E-state index in [0.29, 0.717) is 17.3 Å². The second kappa shape index (κ2) is 8.78. The van der Waals surface area contributed by atoms with Gasteiger partial charge in [0, 0.05) is 30.4 Å². The molecule has 1 amide bonds. The lowest BCUT2D eigenvalue weighted by Crippen LogP contribution is -2.42. The Morgan fingerprint density at radius 3 is 2.43 bits per heavy atom. The molecule has 0 saturated carbocycles. The summed E-state index contributed by atoms with van der Waals surface area (Å²) in [5.74, 6) is 0.107. The van der Waals surface area contributed by atoms with E-state index in [1.165, 1.54) is 12.8 Å². The average Bonchev–Trinajstić information content (AvgIpc) is 3.39. The van der Waals surface area contributed by atoms with Crippen LogP contribution in [-0.4, -0.2) is 62.6 Å². The summed E-state index contributed by atoms with van der Waals surface area (Å²) < 4.78 is 25.4. The van der Waals surface area contributed by atoms with E-state index < -0.39 is 10.0 Å². The third-order valence-corrected chi connectivity index (χ3v) is 6.54. The minimum absolute atomic E-state index is 0.107. The van der Waals surface area contributed by atoms with Crippen molar-refractivity contribution in [3.8, 4) is 11.1 Å². The summed E-state index contributed by atoms with van der Waals surface area (Å²) in [7, 11) is -3.32. The van der Waals surface area contributed by atoms with E-state index in [2.05, 4.69) is 9.62 Å². The van der Waals surface area contributed by atoms with Crippen LogP contribution in [0.2, 0.25) is 0 Å². The van der Waals surface area contributed by atoms with Crippen LogP contribution in [0, 0.1) is 0 Å². The fourth-order valence-corrected chi connectivity index (χ4v) is 5.06. The number of likely N-dealkylation sites (tertiary alicyclic amines) is 2. The zero-order chi connectivity index (χ0) is 21.1. The van der Waals surface area contributed by atoms with Crippen LogP contribution in [0.25, 0.3) is 11.1 Å². The van der Waals surface area contributed by atoms with Gasteiger partial charge in [0.15, 0.2) is 0 Å². The summed E-state index contributed by atoms with van der Waals surface area (Å²) in [5.41, 5.74) is 3.07. The number of carbonyl (C=O) groups excluding carboxylic acids is 1. The Morgan fingerprint density at radius 2 is 1.73 bits per heavy atom. The topological polar surface area (TPSA) is 69.7 Å². The summed E-state index contributed by atoms with van der Waals surface area (Å²) in [4.78, 5) is 17.6. The molecule has 2 aromatic carbocycles. The highest BCUT2D eigenvalue weighted by Gasteiger charge is 2.31. The molecule has 1 N–H and O–H groups in total. The molecular weight excluding hydrogens is 398 g/mol. The van der Waals surface area contributed by atoms with Crippen LogP contribution in [0.15, 0.2) is 48.5 Å². The summed E-state index contributed by atoms with van der Waals surface area (Å²) in [6.07, 6.45) is 5.82. The van der Waals surface area contributed by atoms with Crippen molar-refractivity contribution in [3.63, 3.8) is 0 Å². The Kier molecular flexibility index (Phi) is 6.11. The Morgan fingerprint density at radius 1 is 1.00 bits per heavy atom. The Labute approximate surface area is 178 Å². The van der Waals surface area contributed by atoms with Crippen molar-refractivity contribution in [1.29, 1.82) is 0 Å². The van der Waals surface area contributed by atoms with Gasteiger partial charge in [0.05, 0.1) is 6.26 Å². The summed E-state index contributed by atoms with van der Waals surface area (Å²) in [6.45, 7) is 4.13. The third-order valence-electron chi connectivity index (χ3n) is 5.94. The summed E-state index contributed by atoms with van der Waals surface area (Å²) >= 11 is 0. The standard InChI is InChI=1S/C23H29N3O3S/c1-30(28,29)24-21-7-4-6-20(16-21)18-9-11-19(12-10-18)23(27)26-15-5-8-22(26)17-25-13-2-3-14-25/h4,6-7,9-12,16,22,24H,2-3,5,8,13-15,17H2,1H3. The van der Waals surface area contributed by atoms with Gasteiger partial charge in [0.1, 0.15) is 0 Å². The smallest absolute Gasteiger partial charge is 0.254 e. The van der Waals surface area contributed by atoms with Crippen molar-refractivity contribution in [3.05, 3.63) is 54.1 Å². The number of anilines is 1. The molecule has 6 nitrogen and oxygen atoms in total. The van der Waals surface area contributed by atoms with Gasteiger partial charge in [-0.2, -0.15) is 0 Å². The maximum Gasteiger partial charge on any atom is 0.254 e. The third kappa shape index (κ3) is 5.02.